The highest BCUT2D eigenvalue weighted by Crippen LogP contribution is 2.22. The number of piperazine rings is 1. The van der Waals surface area contributed by atoms with E-state index in [1.165, 1.54) is 6.07 Å². The highest BCUT2D eigenvalue weighted by molar-refractivity contribution is 7.91. The van der Waals surface area contributed by atoms with Gasteiger partial charge in [0.05, 0.1) is 23.2 Å². The molecule has 2 aliphatic rings. The van der Waals surface area contributed by atoms with Crippen LogP contribution in [0.1, 0.15) is 20.3 Å². The summed E-state index contributed by atoms with van der Waals surface area (Å²) in [7, 11) is -3.03. The van der Waals surface area contributed by atoms with Crippen LogP contribution in [0.15, 0.2) is 24.3 Å². The first-order chi connectivity index (χ1) is 12.8. The van der Waals surface area contributed by atoms with Crippen molar-refractivity contribution in [3.05, 3.63) is 30.1 Å². The average molecular weight is 398 g/mol. The molecule has 2 fully saturated rings. The van der Waals surface area contributed by atoms with E-state index in [9.17, 15) is 17.6 Å². The summed E-state index contributed by atoms with van der Waals surface area (Å²) >= 11 is 0. The Morgan fingerprint density at radius 1 is 1.26 bits per heavy atom. The average Bonchev–Trinajstić information content (AvgIpc) is 3.01. The first-order valence-corrected chi connectivity index (χ1v) is 11.4. The molecule has 3 rings (SSSR count). The quantitative estimate of drug-likeness (QED) is 0.751. The molecule has 2 heterocycles. The fourth-order valence-corrected chi connectivity index (χ4v) is 5.80. The van der Waals surface area contributed by atoms with Gasteiger partial charge in [-0.2, -0.15) is 0 Å². The van der Waals surface area contributed by atoms with Crippen molar-refractivity contribution in [2.75, 3.05) is 49.1 Å². The number of hydrogen-bond acceptors (Lipinski definition) is 5. The molecule has 2 atom stereocenters. The van der Waals surface area contributed by atoms with Crippen LogP contribution in [-0.4, -0.2) is 80.4 Å². The third-order valence-corrected chi connectivity index (χ3v) is 7.44. The maximum absolute atomic E-state index is 14.0. The van der Waals surface area contributed by atoms with Crippen LogP contribution in [0.4, 0.5) is 10.1 Å². The number of amides is 1. The van der Waals surface area contributed by atoms with Crippen molar-refractivity contribution in [2.24, 2.45) is 0 Å². The van der Waals surface area contributed by atoms with Crippen LogP contribution in [0.25, 0.3) is 0 Å². The maximum Gasteiger partial charge on any atom is 0.239 e. The number of carbonyl (C=O) groups is 1. The van der Waals surface area contributed by atoms with Gasteiger partial charge in [0.1, 0.15) is 5.82 Å². The second-order valence-corrected chi connectivity index (χ2v) is 9.56. The van der Waals surface area contributed by atoms with Crippen molar-refractivity contribution in [3.8, 4) is 0 Å². The zero-order valence-electron chi connectivity index (χ0n) is 16.0. The number of para-hydroxylation sites is 1. The molecule has 0 saturated carbocycles. The van der Waals surface area contributed by atoms with E-state index in [0.717, 1.165) is 0 Å². The minimum atomic E-state index is -3.03. The molecule has 0 unspecified atom stereocenters. The number of likely N-dealkylation sites (N-methyl/N-ethyl adjacent to an activating group) is 1. The van der Waals surface area contributed by atoms with E-state index in [4.69, 9.17) is 0 Å². The summed E-state index contributed by atoms with van der Waals surface area (Å²) in [5.41, 5.74) is 0.600. The van der Waals surface area contributed by atoms with Crippen LogP contribution < -0.4 is 4.90 Å². The van der Waals surface area contributed by atoms with Crippen molar-refractivity contribution in [3.63, 3.8) is 0 Å². The predicted molar refractivity (Wildman–Crippen MR) is 104 cm³/mol. The minimum absolute atomic E-state index is 0.0149. The summed E-state index contributed by atoms with van der Waals surface area (Å²) in [6, 6.07) is 6.22. The zero-order valence-corrected chi connectivity index (χ0v) is 16.8. The number of hydrogen-bond donors (Lipinski definition) is 0. The van der Waals surface area contributed by atoms with E-state index in [2.05, 4.69) is 4.90 Å². The lowest BCUT2D eigenvalue weighted by Gasteiger charge is -2.40. The summed E-state index contributed by atoms with van der Waals surface area (Å²) in [5, 5.41) is 0. The van der Waals surface area contributed by atoms with Crippen LogP contribution in [0.5, 0.6) is 0 Å². The van der Waals surface area contributed by atoms with Gasteiger partial charge in [-0.05, 0) is 32.4 Å². The van der Waals surface area contributed by atoms with E-state index in [1.807, 2.05) is 24.8 Å². The summed E-state index contributed by atoms with van der Waals surface area (Å²) in [5.74, 6) is -0.00839. The van der Waals surface area contributed by atoms with Crippen molar-refractivity contribution in [1.82, 2.24) is 9.80 Å². The summed E-state index contributed by atoms with van der Waals surface area (Å²) in [4.78, 5) is 18.8. The molecule has 8 heteroatoms. The topological polar surface area (TPSA) is 60.9 Å². The van der Waals surface area contributed by atoms with Crippen LogP contribution >= 0.6 is 0 Å². The lowest BCUT2D eigenvalue weighted by molar-refractivity contribution is -0.138. The number of nitrogens with zero attached hydrogens (tertiary/aromatic N) is 3. The Balaban J connectivity index is 1.60. The normalized spacial score (nSPS) is 24.0. The molecule has 27 heavy (non-hydrogen) atoms. The lowest BCUT2D eigenvalue weighted by Crippen LogP contribution is -2.56. The van der Waals surface area contributed by atoms with E-state index in [0.29, 0.717) is 44.8 Å². The van der Waals surface area contributed by atoms with Gasteiger partial charge in [-0.25, -0.2) is 12.8 Å². The van der Waals surface area contributed by atoms with Crippen molar-refractivity contribution >= 4 is 21.4 Å². The molecule has 1 aromatic rings. The van der Waals surface area contributed by atoms with Gasteiger partial charge in [0, 0.05) is 38.8 Å². The van der Waals surface area contributed by atoms with Gasteiger partial charge in [0.15, 0.2) is 9.84 Å². The van der Waals surface area contributed by atoms with E-state index >= 15 is 0 Å². The Morgan fingerprint density at radius 2 is 1.93 bits per heavy atom. The Labute approximate surface area is 160 Å². The van der Waals surface area contributed by atoms with Gasteiger partial charge < -0.3 is 9.80 Å². The molecule has 0 aromatic heterocycles. The maximum atomic E-state index is 14.0. The molecule has 0 radical (unpaired) electrons. The van der Waals surface area contributed by atoms with Gasteiger partial charge >= 0.3 is 0 Å². The molecule has 1 aromatic carbocycles. The Kier molecular flexibility index (Phi) is 6.05. The third-order valence-electron chi connectivity index (χ3n) is 5.69. The highest BCUT2D eigenvalue weighted by atomic mass is 32.2. The lowest BCUT2D eigenvalue weighted by atomic mass is 10.1. The summed E-state index contributed by atoms with van der Waals surface area (Å²) in [6.07, 6.45) is 0.524. The molecule has 0 bridgehead atoms. The smallest absolute Gasteiger partial charge is 0.239 e. The predicted octanol–water partition coefficient (Wildman–Crippen LogP) is 1.37. The fourth-order valence-electron chi connectivity index (χ4n) is 4.07. The Bertz CT molecular complexity index is 778. The number of halogens is 1. The van der Waals surface area contributed by atoms with Gasteiger partial charge in [0.2, 0.25) is 5.91 Å². The van der Waals surface area contributed by atoms with E-state index in [-0.39, 0.29) is 35.3 Å². The number of rotatable bonds is 5. The minimum Gasteiger partial charge on any atom is -0.367 e. The molecule has 1 amide bonds. The Morgan fingerprint density at radius 3 is 2.48 bits per heavy atom. The van der Waals surface area contributed by atoms with Crippen LogP contribution in [0, 0.1) is 5.82 Å². The van der Waals surface area contributed by atoms with Crippen LogP contribution in [-0.2, 0) is 14.6 Å². The second-order valence-electron chi connectivity index (χ2n) is 7.33. The molecule has 150 valence electrons. The first-order valence-electron chi connectivity index (χ1n) is 9.57. The molecule has 0 aliphatic carbocycles. The monoisotopic (exact) mass is 397 g/mol. The Hall–Kier alpha value is -1.67. The first kappa shape index (κ1) is 20.1. The molecule has 2 saturated heterocycles. The van der Waals surface area contributed by atoms with E-state index in [1.54, 1.807) is 17.0 Å². The number of anilines is 1. The zero-order chi connectivity index (χ0) is 19.6. The number of sulfone groups is 1. The molecular formula is C19H28FN3O3S. The van der Waals surface area contributed by atoms with Gasteiger partial charge in [-0.15, -0.1) is 0 Å². The molecule has 0 spiro atoms. The molecular weight excluding hydrogens is 369 g/mol. The number of benzene rings is 1. The molecule has 0 N–H and O–H groups in total. The van der Waals surface area contributed by atoms with Gasteiger partial charge in [-0.3, -0.25) is 9.69 Å². The molecule has 6 nitrogen and oxygen atoms in total. The highest BCUT2D eigenvalue weighted by Gasteiger charge is 2.37. The summed E-state index contributed by atoms with van der Waals surface area (Å²) < 4.78 is 37.5. The van der Waals surface area contributed by atoms with Crippen molar-refractivity contribution in [1.29, 1.82) is 0 Å². The fraction of sp³-hybridized carbons (Fsp3) is 0.632. The third kappa shape index (κ3) is 4.43. The molecule has 2 aliphatic heterocycles. The SMILES string of the molecule is CCN(C(=O)[C@H](C)N1CCN(c2ccccc2F)CC1)[C@@H]1CCS(=O)(=O)C1. The second kappa shape index (κ2) is 8.14. The largest absolute Gasteiger partial charge is 0.367 e. The summed E-state index contributed by atoms with van der Waals surface area (Å²) in [6.45, 7) is 6.94. The number of carbonyl (C=O) groups excluding carboxylic acids is 1. The van der Waals surface area contributed by atoms with Crippen LogP contribution in [0.2, 0.25) is 0 Å². The van der Waals surface area contributed by atoms with Crippen molar-refractivity contribution < 1.29 is 17.6 Å². The van der Waals surface area contributed by atoms with E-state index < -0.39 is 9.84 Å². The van der Waals surface area contributed by atoms with Crippen LogP contribution in [0.3, 0.4) is 0 Å². The van der Waals surface area contributed by atoms with Gasteiger partial charge in [0.25, 0.3) is 0 Å². The standard InChI is InChI=1S/C19H28FN3O3S/c1-3-23(16-8-13-27(25,26)14-16)19(24)15(2)21-9-11-22(12-10-21)18-7-5-4-6-17(18)20/h4-7,15-16H,3,8-14H2,1-2H3/t15-,16+/m0/s1. The van der Waals surface area contributed by atoms with Crippen molar-refractivity contribution in [2.45, 2.75) is 32.4 Å². The van der Waals surface area contributed by atoms with Gasteiger partial charge in [-0.1, -0.05) is 12.1 Å².